The highest BCUT2D eigenvalue weighted by Gasteiger charge is 2.11. The first-order valence-electron chi connectivity index (χ1n) is 7.21. The largest absolute Gasteiger partial charge is 0.465 e. The number of hydrogen-bond donors (Lipinski definition) is 1. The van der Waals surface area contributed by atoms with Crippen LogP contribution in [0.15, 0.2) is 36.7 Å². The zero-order valence-electron chi connectivity index (χ0n) is 12.8. The number of nitrogens with zero attached hydrogens (tertiary/aromatic N) is 1. The lowest BCUT2D eigenvalue weighted by molar-refractivity contribution is 0.0601. The van der Waals surface area contributed by atoms with Gasteiger partial charge in [-0.1, -0.05) is 18.6 Å². The van der Waals surface area contributed by atoms with Gasteiger partial charge in [-0.15, -0.1) is 0 Å². The molecule has 0 bridgehead atoms. The van der Waals surface area contributed by atoms with E-state index in [0.29, 0.717) is 12.1 Å². The number of carbonyl (C=O) groups is 1. The van der Waals surface area contributed by atoms with Gasteiger partial charge in [0.2, 0.25) is 0 Å². The van der Waals surface area contributed by atoms with Gasteiger partial charge >= 0.3 is 5.97 Å². The summed E-state index contributed by atoms with van der Waals surface area (Å²) < 4.78 is 7.01. The van der Waals surface area contributed by atoms with Gasteiger partial charge in [0.25, 0.3) is 0 Å². The van der Waals surface area contributed by atoms with Crippen molar-refractivity contribution in [1.29, 1.82) is 0 Å². The molecule has 1 heterocycles. The van der Waals surface area contributed by atoms with Crippen molar-refractivity contribution < 1.29 is 9.53 Å². The van der Waals surface area contributed by atoms with Crippen molar-refractivity contribution in [3.8, 4) is 0 Å². The van der Waals surface area contributed by atoms with Gasteiger partial charge in [0.1, 0.15) is 0 Å². The number of carbonyl (C=O) groups excluding carboxylic acids is 1. The summed E-state index contributed by atoms with van der Waals surface area (Å²) >= 11 is 0. The monoisotopic (exact) mass is 286 g/mol. The molecular formula is C17H22N2O2. The lowest BCUT2D eigenvalue weighted by atomic mass is 10.1. The molecule has 0 radical (unpaired) electrons. The molecule has 21 heavy (non-hydrogen) atoms. The van der Waals surface area contributed by atoms with E-state index in [9.17, 15) is 4.79 Å². The van der Waals surface area contributed by atoms with Crippen molar-refractivity contribution in [1.82, 2.24) is 4.57 Å². The van der Waals surface area contributed by atoms with Gasteiger partial charge in [0.05, 0.1) is 12.7 Å². The van der Waals surface area contributed by atoms with Gasteiger partial charge < -0.3 is 14.6 Å². The van der Waals surface area contributed by atoms with Crippen LogP contribution in [0.25, 0.3) is 0 Å². The molecule has 0 spiro atoms. The summed E-state index contributed by atoms with van der Waals surface area (Å²) in [6, 6.07) is 7.84. The molecule has 0 unspecified atom stereocenters. The second-order valence-electron chi connectivity index (χ2n) is 5.15. The first kappa shape index (κ1) is 15.2. The van der Waals surface area contributed by atoms with Crippen LogP contribution in [0.2, 0.25) is 0 Å². The quantitative estimate of drug-likeness (QED) is 0.825. The summed E-state index contributed by atoms with van der Waals surface area (Å²) in [4.78, 5) is 11.8. The van der Waals surface area contributed by atoms with E-state index in [1.165, 1.54) is 12.7 Å². The molecule has 2 rings (SSSR count). The minimum absolute atomic E-state index is 0.315. The van der Waals surface area contributed by atoms with Crippen LogP contribution >= 0.6 is 0 Å². The number of esters is 1. The highest BCUT2D eigenvalue weighted by atomic mass is 16.5. The van der Waals surface area contributed by atoms with Crippen molar-refractivity contribution in [2.24, 2.45) is 0 Å². The molecule has 4 nitrogen and oxygen atoms in total. The number of hydrogen-bond acceptors (Lipinski definition) is 3. The first-order chi connectivity index (χ1) is 10.1. The van der Waals surface area contributed by atoms with Crippen molar-refractivity contribution in [2.45, 2.75) is 33.4 Å². The van der Waals surface area contributed by atoms with Gasteiger partial charge in [-0.2, -0.15) is 0 Å². The third kappa shape index (κ3) is 3.88. The van der Waals surface area contributed by atoms with Crippen LogP contribution < -0.4 is 5.32 Å². The maximum atomic E-state index is 11.8. The highest BCUT2D eigenvalue weighted by molar-refractivity contribution is 5.95. The number of nitrogens with one attached hydrogen (secondary N) is 1. The zero-order chi connectivity index (χ0) is 15.2. The van der Waals surface area contributed by atoms with Gasteiger partial charge in [-0.25, -0.2) is 4.79 Å². The molecule has 0 fully saturated rings. The number of aromatic nitrogens is 1. The summed E-state index contributed by atoms with van der Waals surface area (Å²) in [7, 11) is 1.40. The Hall–Kier alpha value is -2.23. The van der Waals surface area contributed by atoms with Crippen LogP contribution in [0.5, 0.6) is 0 Å². The number of aryl methyl sites for hydroxylation is 2. The number of anilines is 1. The average molecular weight is 286 g/mol. The van der Waals surface area contributed by atoms with Crippen LogP contribution in [-0.2, 0) is 17.8 Å². The van der Waals surface area contributed by atoms with Gasteiger partial charge in [0.15, 0.2) is 0 Å². The van der Waals surface area contributed by atoms with Gasteiger partial charge in [0, 0.05) is 31.2 Å². The predicted molar refractivity (Wildman–Crippen MR) is 84.6 cm³/mol. The fraction of sp³-hybridized carbons (Fsp3) is 0.353. The molecule has 112 valence electrons. The van der Waals surface area contributed by atoms with Crippen LogP contribution in [0, 0.1) is 6.92 Å². The Bertz CT molecular complexity index is 617. The molecular weight excluding hydrogens is 264 g/mol. The van der Waals surface area contributed by atoms with E-state index in [0.717, 1.165) is 24.2 Å². The van der Waals surface area contributed by atoms with E-state index in [1.807, 2.05) is 25.1 Å². The standard InChI is InChI=1S/C17H22N2O2/c1-4-8-19-9-7-14(12-19)11-18-16-6-5-13(2)10-15(16)17(20)21-3/h5-7,9-10,12,18H,4,8,11H2,1-3H3. The molecule has 1 aromatic heterocycles. The molecule has 0 aliphatic rings. The third-order valence-electron chi connectivity index (χ3n) is 3.36. The Labute approximate surface area is 125 Å². The Kier molecular flexibility index (Phi) is 5.04. The van der Waals surface area contributed by atoms with E-state index >= 15 is 0 Å². The summed E-state index contributed by atoms with van der Waals surface area (Å²) in [5.41, 5.74) is 3.61. The van der Waals surface area contributed by atoms with Gasteiger partial charge in [-0.3, -0.25) is 0 Å². The Morgan fingerprint density at radius 3 is 2.86 bits per heavy atom. The normalized spacial score (nSPS) is 10.4. The SMILES string of the molecule is CCCn1ccc(CNc2ccc(C)cc2C(=O)OC)c1. The van der Waals surface area contributed by atoms with E-state index in [4.69, 9.17) is 4.74 Å². The minimum atomic E-state index is -0.315. The molecule has 4 heteroatoms. The van der Waals surface area contributed by atoms with Crippen molar-refractivity contribution in [3.63, 3.8) is 0 Å². The number of ether oxygens (including phenoxy) is 1. The molecule has 0 aliphatic heterocycles. The maximum Gasteiger partial charge on any atom is 0.339 e. The summed E-state index contributed by atoms with van der Waals surface area (Å²) in [6.45, 7) is 5.83. The van der Waals surface area contributed by atoms with Crippen LogP contribution in [0.4, 0.5) is 5.69 Å². The Balaban J connectivity index is 2.10. The summed E-state index contributed by atoms with van der Waals surface area (Å²) in [5, 5.41) is 3.31. The lowest BCUT2D eigenvalue weighted by Gasteiger charge is -2.11. The fourth-order valence-electron chi connectivity index (χ4n) is 2.28. The van der Waals surface area contributed by atoms with E-state index < -0.39 is 0 Å². The molecule has 1 N–H and O–H groups in total. The molecule has 1 aromatic carbocycles. The van der Waals surface area contributed by atoms with Crippen molar-refractivity contribution in [2.75, 3.05) is 12.4 Å². The third-order valence-corrected chi connectivity index (χ3v) is 3.36. The predicted octanol–water partition coefficient (Wildman–Crippen LogP) is 3.61. The average Bonchev–Trinajstić information content (AvgIpc) is 2.93. The smallest absolute Gasteiger partial charge is 0.339 e. The lowest BCUT2D eigenvalue weighted by Crippen LogP contribution is -2.08. The number of methoxy groups -OCH3 is 1. The van der Waals surface area contributed by atoms with Gasteiger partial charge in [-0.05, 0) is 37.1 Å². The van der Waals surface area contributed by atoms with E-state index in [2.05, 4.69) is 35.3 Å². The molecule has 0 saturated carbocycles. The second kappa shape index (κ2) is 6.97. The first-order valence-corrected chi connectivity index (χ1v) is 7.21. The zero-order valence-corrected chi connectivity index (χ0v) is 12.8. The fourth-order valence-corrected chi connectivity index (χ4v) is 2.28. The van der Waals surface area contributed by atoms with E-state index in [1.54, 1.807) is 0 Å². The molecule has 2 aromatic rings. The molecule has 0 saturated heterocycles. The Morgan fingerprint density at radius 1 is 1.33 bits per heavy atom. The minimum Gasteiger partial charge on any atom is -0.465 e. The summed E-state index contributed by atoms with van der Waals surface area (Å²) in [5.74, 6) is -0.315. The summed E-state index contributed by atoms with van der Waals surface area (Å²) in [6.07, 6.45) is 5.32. The molecule has 0 atom stereocenters. The van der Waals surface area contributed by atoms with Crippen LogP contribution in [0.3, 0.4) is 0 Å². The number of rotatable bonds is 6. The molecule has 0 amide bonds. The number of benzene rings is 1. The Morgan fingerprint density at radius 2 is 2.14 bits per heavy atom. The maximum absolute atomic E-state index is 11.8. The molecule has 0 aliphatic carbocycles. The van der Waals surface area contributed by atoms with Crippen molar-refractivity contribution in [3.05, 3.63) is 53.3 Å². The van der Waals surface area contributed by atoms with Crippen LogP contribution in [0.1, 0.15) is 34.8 Å². The van der Waals surface area contributed by atoms with E-state index in [-0.39, 0.29) is 5.97 Å². The highest BCUT2D eigenvalue weighted by Crippen LogP contribution is 2.19. The van der Waals surface area contributed by atoms with Crippen LogP contribution in [-0.4, -0.2) is 17.6 Å². The topological polar surface area (TPSA) is 43.3 Å². The second-order valence-corrected chi connectivity index (χ2v) is 5.15. The van der Waals surface area contributed by atoms with Crippen molar-refractivity contribution >= 4 is 11.7 Å².